The lowest BCUT2D eigenvalue weighted by Gasteiger charge is -2.46. The molecule has 0 bridgehead atoms. The lowest BCUT2D eigenvalue weighted by atomic mass is 9.79. The summed E-state index contributed by atoms with van der Waals surface area (Å²) >= 11 is 0. The first-order chi connectivity index (χ1) is 15.1. The maximum absolute atomic E-state index is 13.1. The van der Waals surface area contributed by atoms with Crippen LogP contribution in [0.1, 0.15) is 62.9 Å². The molecule has 2 aromatic rings. The van der Waals surface area contributed by atoms with Gasteiger partial charge >= 0.3 is 0 Å². The second kappa shape index (κ2) is 9.74. The maximum Gasteiger partial charge on any atom is 0.253 e. The molecule has 0 unspecified atom stereocenters. The molecular formula is C26H35N3O3. The van der Waals surface area contributed by atoms with Gasteiger partial charge in [-0.15, -0.1) is 0 Å². The molecule has 32 heavy (non-hydrogen) atoms. The van der Waals surface area contributed by atoms with Crippen molar-refractivity contribution in [3.05, 3.63) is 59.7 Å². The summed E-state index contributed by atoms with van der Waals surface area (Å²) in [5, 5.41) is 9.73. The normalized spacial score (nSPS) is 17.4. The molecular weight excluding hydrogens is 402 g/mol. The third kappa shape index (κ3) is 6.57. The number of benzene rings is 2. The van der Waals surface area contributed by atoms with Gasteiger partial charge in [-0.2, -0.15) is 0 Å². The van der Waals surface area contributed by atoms with Gasteiger partial charge in [0.1, 0.15) is 5.75 Å². The Hall–Kier alpha value is -2.86. The predicted molar refractivity (Wildman–Crippen MR) is 128 cm³/mol. The number of amides is 2. The molecule has 0 atom stereocenters. The van der Waals surface area contributed by atoms with Crippen molar-refractivity contribution in [3.63, 3.8) is 0 Å². The van der Waals surface area contributed by atoms with E-state index in [2.05, 4.69) is 43.6 Å². The fourth-order valence-electron chi connectivity index (χ4n) is 4.74. The molecule has 6 heteroatoms. The summed E-state index contributed by atoms with van der Waals surface area (Å²) < 4.78 is 5.17. The Morgan fingerprint density at radius 2 is 1.62 bits per heavy atom. The van der Waals surface area contributed by atoms with Crippen LogP contribution in [0.4, 0.5) is 5.69 Å². The lowest BCUT2D eigenvalue weighted by molar-refractivity contribution is -0.116. The Kier molecular flexibility index (Phi) is 7.24. The van der Waals surface area contributed by atoms with Crippen LogP contribution in [-0.2, 0) is 11.2 Å². The standard InChI is InChI=1S/C26H35N3O3/c1-25(2)16-19(17-26(3,4)29-25)27-24(31)21-8-6-7-9-22(21)28-23(30)15-12-18-10-13-20(32-5)14-11-18/h6-11,13-14,19,29H,12,15-17H2,1-5H3,(H,27,31)(H,28,30). The Bertz CT molecular complexity index is 935. The van der Waals surface area contributed by atoms with E-state index in [0.29, 0.717) is 24.1 Å². The van der Waals surface area contributed by atoms with Crippen LogP contribution in [0.25, 0.3) is 0 Å². The lowest BCUT2D eigenvalue weighted by Crippen LogP contribution is -2.62. The second-order valence-corrected chi connectivity index (χ2v) is 9.91. The van der Waals surface area contributed by atoms with Crippen molar-refractivity contribution in [3.8, 4) is 5.75 Å². The van der Waals surface area contributed by atoms with E-state index in [0.717, 1.165) is 24.2 Å². The van der Waals surface area contributed by atoms with E-state index >= 15 is 0 Å². The molecule has 0 spiro atoms. The highest BCUT2D eigenvalue weighted by Crippen LogP contribution is 2.29. The van der Waals surface area contributed by atoms with Crippen LogP contribution in [-0.4, -0.2) is 36.0 Å². The van der Waals surface area contributed by atoms with Crippen LogP contribution >= 0.6 is 0 Å². The number of hydrogen-bond acceptors (Lipinski definition) is 4. The number of para-hydroxylation sites is 1. The van der Waals surface area contributed by atoms with E-state index in [1.165, 1.54) is 0 Å². The smallest absolute Gasteiger partial charge is 0.253 e. The molecule has 0 saturated carbocycles. The molecule has 1 heterocycles. The first-order valence-corrected chi connectivity index (χ1v) is 11.2. The number of rotatable bonds is 7. The third-order valence-electron chi connectivity index (χ3n) is 5.77. The highest BCUT2D eigenvalue weighted by atomic mass is 16.5. The van der Waals surface area contributed by atoms with E-state index in [1.54, 1.807) is 19.2 Å². The van der Waals surface area contributed by atoms with E-state index in [1.807, 2.05) is 36.4 Å². The number of piperidine rings is 1. The fourth-order valence-corrected chi connectivity index (χ4v) is 4.74. The predicted octanol–water partition coefficient (Wildman–Crippen LogP) is 4.31. The molecule has 1 aliphatic rings. The van der Waals surface area contributed by atoms with E-state index in [4.69, 9.17) is 4.74 Å². The van der Waals surface area contributed by atoms with Crippen LogP contribution in [0.15, 0.2) is 48.5 Å². The highest BCUT2D eigenvalue weighted by molar-refractivity contribution is 6.03. The maximum atomic E-state index is 13.1. The Labute approximate surface area is 191 Å². The van der Waals surface area contributed by atoms with Gasteiger partial charge in [-0.25, -0.2) is 0 Å². The highest BCUT2D eigenvalue weighted by Gasteiger charge is 2.38. The van der Waals surface area contributed by atoms with E-state index < -0.39 is 0 Å². The summed E-state index contributed by atoms with van der Waals surface area (Å²) in [5.74, 6) is 0.512. The third-order valence-corrected chi connectivity index (χ3v) is 5.77. The monoisotopic (exact) mass is 437 g/mol. The van der Waals surface area contributed by atoms with Crippen molar-refractivity contribution in [2.24, 2.45) is 0 Å². The van der Waals surface area contributed by atoms with E-state index in [9.17, 15) is 9.59 Å². The summed E-state index contributed by atoms with van der Waals surface area (Å²) in [5.41, 5.74) is 1.96. The molecule has 2 aromatic carbocycles. The zero-order chi connectivity index (χ0) is 23.4. The first kappa shape index (κ1) is 23.8. The summed E-state index contributed by atoms with van der Waals surface area (Å²) in [7, 11) is 1.63. The van der Waals surface area contributed by atoms with Crippen molar-refractivity contribution in [2.45, 2.75) is 70.5 Å². The largest absolute Gasteiger partial charge is 0.497 e. The number of nitrogens with one attached hydrogen (secondary N) is 3. The number of hydrogen-bond donors (Lipinski definition) is 3. The molecule has 3 rings (SSSR count). The van der Waals surface area contributed by atoms with Crippen molar-refractivity contribution >= 4 is 17.5 Å². The Morgan fingerprint density at radius 3 is 2.25 bits per heavy atom. The molecule has 6 nitrogen and oxygen atoms in total. The van der Waals surface area contributed by atoms with Crippen LogP contribution in [0.3, 0.4) is 0 Å². The zero-order valence-electron chi connectivity index (χ0n) is 19.7. The molecule has 0 radical (unpaired) electrons. The van der Waals surface area contributed by atoms with Gasteiger partial charge < -0.3 is 20.7 Å². The number of anilines is 1. The molecule has 0 aliphatic carbocycles. The van der Waals surface area contributed by atoms with Crippen LogP contribution < -0.4 is 20.7 Å². The minimum Gasteiger partial charge on any atom is -0.497 e. The SMILES string of the molecule is COc1ccc(CCC(=O)Nc2ccccc2C(=O)NC2CC(C)(C)NC(C)(C)C2)cc1. The number of aryl methyl sites for hydroxylation is 1. The minimum absolute atomic E-state index is 0.0606. The number of carbonyl (C=O) groups is 2. The van der Waals surface area contributed by atoms with Crippen molar-refractivity contribution in [2.75, 3.05) is 12.4 Å². The molecule has 1 fully saturated rings. The van der Waals surface area contributed by atoms with Gasteiger partial charge in [0.25, 0.3) is 5.91 Å². The molecule has 172 valence electrons. The summed E-state index contributed by atoms with van der Waals surface area (Å²) in [4.78, 5) is 25.7. The van der Waals surface area contributed by atoms with Gasteiger partial charge in [-0.1, -0.05) is 24.3 Å². The van der Waals surface area contributed by atoms with Crippen molar-refractivity contribution in [1.29, 1.82) is 0 Å². The van der Waals surface area contributed by atoms with E-state index in [-0.39, 0.29) is 28.9 Å². The van der Waals surface area contributed by atoms with Gasteiger partial charge in [0.05, 0.1) is 18.4 Å². The summed E-state index contributed by atoms with van der Waals surface area (Å²) in [6.45, 7) is 8.63. The first-order valence-electron chi connectivity index (χ1n) is 11.2. The second-order valence-electron chi connectivity index (χ2n) is 9.91. The van der Waals surface area contributed by atoms with Crippen molar-refractivity contribution < 1.29 is 14.3 Å². The summed E-state index contributed by atoms with van der Waals surface area (Å²) in [6.07, 6.45) is 2.64. The molecule has 1 aliphatic heterocycles. The average Bonchev–Trinajstić information content (AvgIpc) is 2.70. The average molecular weight is 438 g/mol. The molecule has 1 saturated heterocycles. The van der Waals surface area contributed by atoms with Gasteiger partial charge in [0.15, 0.2) is 0 Å². The van der Waals surface area contributed by atoms with Crippen LogP contribution in [0.5, 0.6) is 5.75 Å². The van der Waals surface area contributed by atoms with Gasteiger partial charge in [-0.05, 0) is 76.8 Å². The molecule has 2 amide bonds. The topological polar surface area (TPSA) is 79.5 Å². The van der Waals surface area contributed by atoms with Gasteiger partial charge in [0, 0.05) is 23.5 Å². The Morgan fingerprint density at radius 1 is 1.00 bits per heavy atom. The number of methoxy groups -OCH3 is 1. The molecule has 0 aromatic heterocycles. The van der Waals surface area contributed by atoms with Crippen LogP contribution in [0.2, 0.25) is 0 Å². The zero-order valence-corrected chi connectivity index (χ0v) is 19.7. The Balaban J connectivity index is 1.62. The van der Waals surface area contributed by atoms with Crippen LogP contribution in [0, 0.1) is 0 Å². The van der Waals surface area contributed by atoms with Gasteiger partial charge in [-0.3, -0.25) is 9.59 Å². The molecule has 3 N–H and O–H groups in total. The van der Waals surface area contributed by atoms with Crippen molar-refractivity contribution in [1.82, 2.24) is 10.6 Å². The fraction of sp³-hybridized carbons (Fsp3) is 0.462. The number of ether oxygens (including phenoxy) is 1. The van der Waals surface area contributed by atoms with Gasteiger partial charge in [0.2, 0.25) is 5.91 Å². The minimum atomic E-state index is -0.158. The quantitative estimate of drug-likeness (QED) is 0.603. The number of carbonyl (C=O) groups excluding carboxylic acids is 2. The summed E-state index contributed by atoms with van der Waals surface area (Å²) in [6, 6.07) is 14.9.